The van der Waals surface area contributed by atoms with Gasteiger partial charge in [0.25, 0.3) is 0 Å². The van der Waals surface area contributed by atoms with E-state index in [1.807, 2.05) is 12.1 Å². The third-order valence-electron chi connectivity index (χ3n) is 3.65. The van der Waals surface area contributed by atoms with Crippen LogP contribution in [-0.4, -0.2) is 13.1 Å². The van der Waals surface area contributed by atoms with Crippen LogP contribution in [0.1, 0.15) is 38.1 Å². The first-order chi connectivity index (χ1) is 9.74. The highest BCUT2D eigenvalue weighted by atomic mass is 16.3. The van der Waals surface area contributed by atoms with Crippen LogP contribution >= 0.6 is 0 Å². The van der Waals surface area contributed by atoms with E-state index in [0.717, 1.165) is 25.4 Å². The van der Waals surface area contributed by atoms with Crippen LogP contribution in [0.3, 0.4) is 0 Å². The Labute approximate surface area is 121 Å². The average Bonchev–Trinajstić information content (AvgIpc) is 3.01. The van der Waals surface area contributed by atoms with Crippen molar-refractivity contribution in [2.45, 2.75) is 33.4 Å². The van der Waals surface area contributed by atoms with Gasteiger partial charge in [0.15, 0.2) is 0 Å². The van der Waals surface area contributed by atoms with Crippen LogP contribution in [0, 0.1) is 0 Å². The van der Waals surface area contributed by atoms with E-state index in [2.05, 4.69) is 55.3 Å². The summed E-state index contributed by atoms with van der Waals surface area (Å²) in [4.78, 5) is 2.35. The SMILES string of the molecule is CCN(CC)c1ccc(CN[C@H](C)c2ccco2)cc1. The van der Waals surface area contributed by atoms with Crippen molar-refractivity contribution < 1.29 is 4.42 Å². The monoisotopic (exact) mass is 272 g/mol. The molecule has 2 aromatic rings. The molecule has 0 aliphatic carbocycles. The zero-order chi connectivity index (χ0) is 14.4. The molecule has 20 heavy (non-hydrogen) atoms. The van der Waals surface area contributed by atoms with Gasteiger partial charge >= 0.3 is 0 Å². The normalized spacial score (nSPS) is 12.3. The van der Waals surface area contributed by atoms with Crippen molar-refractivity contribution in [2.24, 2.45) is 0 Å². The Morgan fingerprint density at radius 2 is 1.80 bits per heavy atom. The van der Waals surface area contributed by atoms with E-state index in [9.17, 15) is 0 Å². The van der Waals surface area contributed by atoms with Crippen molar-refractivity contribution in [1.29, 1.82) is 0 Å². The Morgan fingerprint density at radius 3 is 2.35 bits per heavy atom. The van der Waals surface area contributed by atoms with Crippen LogP contribution < -0.4 is 10.2 Å². The van der Waals surface area contributed by atoms with Gasteiger partial charge in [-0.3, -0.25) is 0 Å². The van der Waals surface area contributed by atoms with E-state index >= 15 is 0 Å². The molecule has 1 atom stereocenters. The van der Waals surface area contributed by atoms with Gasteiger partial charge in [0.05, 0.1) is 12.3 Å². The number of anilines is 1. The number of benzene rings is 1. The van der Waals surface area contributed by atoms with Crippen molar-refractivity contribution in [3.8, 4) is 0 Å². The number of rotatable bonds is 7. The van der Waals surface area contributed by atoms with Crippen molar-refractivity contribution in [3.05, 3.63) is 54.0 Å². The summed E-state index contributed by atoms with van der Waals surface area (Å²) in [6.45, 7) is 9.42. The maximum absolute atomic E-state index is 5.39. The molecule has 0 saturated heterocycles. The van der Waals surface area contributed by atoms with Gasteiger partial charge in [-0.25, -0.2) is 0 Å². The first-order valence-electron chi connectivity index (χ1n) is 7.35. The molecular weight excluding hydrogens is 248 g/mol. The predicted octanol–water partition coefficient (Wildman–Crippen LogP) is 3.98. The molecule has 3 heteroatoms. The quantitative estimate of drug-likeness (QED) is 0.826. The standard InChI is InChI=1S/C17H24N2O/c1-4-19(5-2)16-10-8-15(9-11-16)13-18-14(3)17-7-6-12-20-17/h6-12,14,18H,4-5,13H2,1-3H3/t14-/m1/s1. The summed E-state index contributed by atoms with van der Waals surface area (Å²) in [5, 5.41) is 3.47. The van der Waals surface area contributed by atoms with Crippen molar-refractivity contribution in [1.82, 2.24) is 5.32 Å². The van der Waals surface area contributed by atoms with Gasteiger partial charge in [0.2, 0.25) is 0 Å². The lowest BCUT2D eigenvalue weighted by Crippen LogP contribution is -2.22. The van der Waals surface area contributed by atoms with Crippen molar-refractivity contribution in [3.63, 3.8) is 0 Å². The fourth-order valence-corrected chi connectivity index (χ4v) is 2.32. The van der Waals surface area contributed by atoms with Crippen LogP contribution in [0.4, 0.5) is 5.69 Å². The molecule has 0 saturated carbocycles. The molecule has 1 heterocycles. The second-order valence-electron chi connectivity index (χ2n) is 4.96. The zero-order valence-electron chi connectivity index (χ0n) is 12.6. The molecule has 0 unspecified atom stereocenters. The number of hydrogen-bond acceptors (Lipinski definition) is 3. The second-order valence-corrected chi connectivity index (χ2v) is 4.96. The smallest absolute Gasteiger partial charge is 0.120 e. The molecule has 2 rings (SSSR count). The topological polar surface area (TPSA) is 28.4 Å². The molecular formula is C17H24N2O. The Hall–Kier alpha value is -1.74. The lowest BCUT2D eigenvalue weighted by molar-refractivity contribution is 0.430. The molecule has 1 aromatic carbocycles. The Kier molecular flexibility index (Phi) is 5.24. The lowest BCUT2D eigenvalue weighted by Gasteiger charge is -2.21. The molecule has 108 valence electrons. The molecule has 1 N–H and O–H groups in total. The fraction of sp³-hybridized carbons (Fsp3) is 0.412. The third kappa shape index (κ3) is 3.64. The molecule has 1 aromatic heterocycles. The summed E-state index contributed by atoms with van der Waals surface area (Å²) in [6, 6.07) is 12.9. The average molecular weight is 272 g/mol. The summed E-state index contributed by atoms with van der Waals surface area (Å²) >= 11 is 0. The van der Waals surface area contributed by atoms with Gasteiger partial charge in [-0.2, -0.15) is 0 Å². The highest BCUT2D eigenvalue weighted by Gasteiger charge is 2.07. The van der Waals surface area contributed by atoms with Crippen molar-refractivity contribution >= 4 is 5.69 Å². The summed E-state index contributed by atoms with van der Waals surface area (Å²) in [5.41, 5.74) is 2.58. The highest BCUT2D eigenvalue weighted by molar-refractivity contribution is 5.47. The van der Waals surface area contributed by atoms with E-state index in [4.69, 9.17) is 4.42 Å². The molecule has 0 aliphatic rings. The molecule has 0 fully saturated rings. The van der Waals surface area contributed by atoms with Crippen LogP contribution in [-0.2, 0) is 6.54 Å². The Balaban J connectivity index is 1.91. The molecule has 0 amide bonds. The minimum Gasteiger partial charge on any atom is -0.468 e. The minimum atomic E-state index is 0.229. The second kappa shape index (κ2) is 7.15. The summed E-state index contributed by atoms with van der Waals surface area (Å²) in [7, 11) is 0. The molecule has 0 spiro atoms. The number of nitrogens with one attached hydrogen (secondary N) is 1. The fourth-order valence-electron chi connectivity index (χ4n) is 2.32. The first-order valence-corrected chi connectivity index (χ1v) is 7.35. The first kappa shape index (κ1) is 14.7. The Morgan fingerprint density at radius 1 is 1.10 bits per heavy atom. The number of hydrogen-bond donors (Lipinski definition) is 1. The third-order valence-corrected chi connectivity index (χ3v) is 3.65. The van der Waals surface area contributed by atoms with Gasteiger partial charge < -0.3 is 14.6 Å². The highest BCUT2D eigenvalue weighted by Crippen LogP contribution is 2.16. The molecule has 0 bridgehead atoms. The number of furan rings is 1. The van der Waals surface area contributed by atoms with Crippen molar-refractivity contribution in [2.75, 3.05) is 18.0 Å². The van der Waals surface area contributed by atoms with Gasteiger partial charge in [-0.05, 0) is 50.6 Å². The maximum Gasteiger partial charge on any atom is 0.120 e. The zero-order valence-corrected chi connectivity index (χ0v) is 12.6. The van der Waals surface area contributed by atoms with E-state index in [1.54, 1.807) is 6.26 Å². The summed E-state index contributed by atoms with van der Waals surface area (Å²) < 4.78 is 5.39. The Bertz CT molecular complexity index is 486. The van der Waals surface area contributed by atoms with E-state index in [1.165, 1.54) is 11.3 Å². The van der Waals surface area contributed by atoms with Crippen LogP contribution in [0.15, 0.2) is 47.1 Å². The maximum atomic E-state index is 5.39. The predicted molar refractivity (Wildman–Crippen MR) is 84.0 cm³/mol. The largest absolute Gasteiger partial charge is 0.468 e. The van der Waals surface area contributed by atoms with Gasteiger partial charge in [0.1, 0.15) is 5.76 Å². The number of nitrogens with zero attached hydrogens (tertiary/aromatic N) is 1. The molecule has 0 aliphatic heterocycles. The molecule has 0 radical (unpaired) electrons. The minimum absolute atomic E-state index is 0.229. The van der Waals surface area contributed by atoms with Gasteiger partial charge in [-0.15, -0.1) is 0 Å². The summed E-state index contributed by atoms with van der Waals surface area (Å²) in [5.74, 6) is 0.977. The van der Waals surface area contributed by atoms with E-state index < -0.39 is 0 Å². The van der Waals surface area contributed by atoms with E-state index in [0.29, 0.717) is 0 Å². The van der Waals surface area contributed by atoms with Crippen LogP contribution in [0.5, 0.6) is 0 Å². The molecule has 3 nitrogen and oxygen atoms in total. The summed E-state index contributed by atoms with van der Waals surface area (Å²) in [6.07, 6.45) is 1.71. The van der Waals surface area contributed by atoms with Crippen LogP contribution in [0.25, 0.3) is 0 Å². The lowest BCUT2D eigenvalue weighted by atomic mass is 10.1. The van der Waals surface area contributed by atoms with Gasteiger partial charge in [0, 0.05) is 25.3 Å². The van der Waals surface area contributed by atoms with Crippen LogP contribution in [0.2, 0.25) is 0 Å². The van der Waals surface area contributed by atoms with Gasteiger partial charge in [-0.1, -0.05) is 12.1 Å². The van der Waals surface area contributed by atoms with E-state index in [-0.39, 0.29) is 6.04 Å².